The van der Waals surface area contributed by atoms with Crippen molar-refractivity contribution in [3.8, 4) is 0 Å². The summed E-state index contributed by atoms with van der Waals surface area (Å²) in [5, 5.41) is 0. The molecule has 0 radical (unpaired) electrons. The third-order valence-electron chi connectivity index (χ3n) is 2.25. The molecule has 0 aliphatic rings. The van der Waals surface area contributed by atoms with Crippen LogP contribution < -0.4 is 0 Å². The molecule has 0 amide bonds. The summed E-state index contributed by atoms with van der Waals surface area (Å²) in [7, 11) is 0. The van der Waals surface area contributed by atoms with Crippen molar-refractivity contribution < 1.29 is 0 Å². The lowest BCUT2D eigenvalue weighted by atomic mass is 9.89. The Kier molecular flexibility index (Phi) is 5.95. The van der Waals surface area contributed by atoms with E-state index in [2.05, 4.69) is 50.2 Å². The Balaban J connectivity index is 3.49. The van der Waals surface area contributed by atoms with E-state index in [4.69, 9.17) is 0 Å². The summed E-state index contributed by atoms with van der Waals surface area (Å²) in [6, 6.07) is 0. The van der Waals surface area contributed by atoms with E-state index >= 15 is 0 Å². The first kappa shape index (κ1) is 13.2. The van der Waals surface area contributed by atoms with Gasteiger partial charge in [0.2, 0.25) is 0 Å². The number of rotatable bonds is 5. The van der Waals surface area contributed by atoms with Crippen molar-refractivity contribution in [2.45, 2.75) is 58.2 Å². The maximum absolute atomic E-state index is 3.91. The van der Waals surface area contributed by atoms with E-state index in [1.54, 1.807) is 0 Å². The van der Waals surface area contributed by atoms with Crippen LogP contribution >= 0.6 is 15.9 Å². The molecule has 1 atom stereocenters. The van der Waals surface area contributed by atoms with Gasteiger partial charge in [0, 0.05) is 4.83 Å². The van der Waals surface area contributed by atoms with Crippen LogP contribution in [-0.2, 0) is 0 Å². The molecular formula is C12H23Br. The summed E-state index contributed by atoms with van der Waals surface area (Å²) in [5.74, 6) is 0. The van der Waals surface area contributed by atoms with Crippen LogP contribution in [0.3, 0.4) is 0 Å². The van der Waals surface area contributed by atoms with Gasteiger partial charge in [-0.05, 0) is 31.6 Å². The lowest BCUT2D eigenvalue weighted by Crippen LogP contribution is -2.19. The van der Waals surface area contributed by atoms with Crippen molar-refractivity contribution in [1.82, 2.24) is 0 Å². The van der Waals surface area contributed by atoms with Gasteiger partial charge < -0.3 is 0 Å². The molecule has 0 N–H and O–H groups in total. The molecule has 0 nitrogen and oxygen atoms in total. The third-order valence-corrected chi connectivity index (χ3v) is 4.08. The first-order valence-corrected chi connectivity index (χ1v) is 6.04. The van der Waals surface area contributed by atoms with Gasteiger partial charge >= 0.3 is 0 Å². The first-order chi connectivity index (χ1) is 5.84. The van der Waals surface area contributed by atoms with Gasteiger partial charge in [-0.2, -0.15) is 0 Å². The average Bonchev–Trinajstić information content (AvgIpc) is 1.95. The molecule has 0 fully saturated rings. The molecule has 0 aromatic heterocycles. The van der Waals surface area contributed by atoms with Gasteiger partial charge in [0.05, 0.1) is 0 Å². The van der Waals surface area contributed by atoms with Gasteiger partial charge in [-0.25, -0.2) is 0 Å². The van der Waals surface area contributed by atoms with Crippen molar-refractivity contribution >= 4 is 15.9 Å². The summed E-state index contributed by atoms with van der Waals surface area (Å²) >= 11 is 3.74. The van der Waals surface area contributed by atoms with Gasteiger partial charge in [0.15, 0.2) is 0 Å². The number of hydrogen-bond acceptors (Lipinski definition) is 0. The van der Waals surface area contributed by atoms with Crippen LogP contribution in [0.2, 0.25) is 0 Å². The van der Waals surface area contributed by atoms with Crippen LogP contribution in [0.25, 0.3) is 0 Å². The van der Waals surface area contributed by atoms with E-state index in [1.807, 2.05) is 0 Å². The monoisotopic (exact) mass is 246 g/mol. The Morgan fingerprint density at radius 1 is 1.31 bits per heavy atom. The SMILES string of the molecule is C=C(C)CCCCC(Br)C(C)(C)C. The minimum atomic E-state index is 0.392. The minimum absolute atomic E-state index is 0.392. The maximum Gasteiger partial charge on any atom is 0.0194 e. The van der Waals surface area contributed by atoms with Crippen molar-refractivity contribution in [3.05, 3.63) is 12.2 Å². The summed E-state index contributed by atoms with van der Waals surface area (Å²) in [6.07, 6.45) is 5.05. The lowest BCUT2D eigenvalue weighted by molar-refractivity contribution is 0.378. The predicted octanol–water partition coefficient (Wildman–Crippen LogP) is 4.93. The lowest BCUT2D eigenvalue weighted by Gasteiger charge is -2.25. The van der Waals surface area contributed by atoms with Crippen LogP contribution in [0.5, 0.6) is 0 Å². The molecule has 1 unspecified atom stereocenters. The van der Waals surface area contributed by atoms with Crippen molar-refractivity contribution in [1.29, 1.82) is 0 Å². The Hall–Kier alpha value is 0.220. The second-order valence-corrected chi connectivity index (χ2v) is 6.14. The Morgan fingerprint density at radius 3 is 2.23 bits per heavy atom. The smallest absolute Gasteiger partial charge is 0.0194 e. The quantitative estimate of drug-likeness (QED) is 0.367. The Bertz CT molecular complexity index is 153. The maximum atomic E-state index is 3.91. The van der Waals surface area contributed by atoms with E-state index < -0.39 is 0 Å². The molecule has 0 aromatic carbocycles. The summed E-state index contributed by atoms with van der Waals surface area (Å²) in [4.78, 5) is 0.644. The van der Waals surface area contributed by atoms with Gasteiger partial charge in [-0.1, -0.05) is 48.7 Å². The molecule has 0 rings (SSSR count). The molecule has 78 valence electrons. The highest BCUT2D eigenvalue weighted by Crippen LogP contribution is 2.30. The Labute approximate surface area is 91.9 Å². The van der Waals surface area contributed by atoms with Crippen LogP contribution in [0.15, 0.2) is 12.2 Å². The van der Waals surface area contributed by atoms with E-state index in [1.165, 1.54) is 31.3 Å². The zero-order valence-electron chi connectivity index (χ0n) is 9.49. The second-order valence-electron chi connectivity index (χ2n) is 5.04. The van der Waals surface area contributed by atoms with Crippen molar-refractivity contribution in [2.24, 2.45) is 5.41 Å². The molecule has 0 aromatic rings. The predicted molar refractivity (Wildman–Crippen MR) is 65.5 cm³/mol. The van der Waals surface area contributed by atoms with E-state index in [9.17, 15) is 0 Å². The highest BCUT2D eigenvalue weighted by molar-refractivity contribution is 9.09. The van der Waals surface area contributed by atoms with E-state index in [0.29, 0.717) is 10.2 Å². The average molecular weight is 247 g/mol. The van der Waals surface area contributed by atoms with Crippen LogP contribution in [0.4, 0.5) is 0 Å². The number of halogens is 1. The zero-order valence-corrected chi connectivity index (χ0v) is 11.1. The fourth-order valence-corrected chi connectivity index (χ4v) is 1.51. The van der Waals surface area contributed by atoms with Gasteiger partial charge in [0.1, 0.15) is 0 Å². The number of hydrogen-bond donors (Lipinski definition) is 0. The van der Waals surface area contributed by atoms with E-state index in [-0.39, 0.29) is 0 Å². The van der Waals surface area contributed by atoms with Crippen LogP contribution in [-0.4, -0.2) is 4.83 Å². The summed E-state index contributed by atoms with van der Waals surface area (Å²) < 4.78 is 0. The molecular weight excluding hydrogens is 224 g/mol. The molecule has 0 saturated heterocycles. The normalized spacial score (nSPS) is 14.2. The fraction of sp³-hybridized carbons (Fsp3) is 0.833. The third kappa shape index (κ3) is 7.30. The molecule has 0 heterocycles. The van der Waals surface area contributed by atoms with Crippen LogP contribution in [0, 0.1) is 5.41 Å². The first-order valence-electron chi connectivity index (χ1n) is 5.12. The fourth-order valence-electron chi connectivity index (χ4n) is 1.18. The van der Waals surface area contributed by atoms with Crippen LogP contribution in [0.1, 0.15) is 53.4 Å². The highest BCUT2D eigenvalue weighted by Gasteiger charge is 2.20. The number of unbranched alkanes of at least 4 members (excludes halogenated alkanes) is 1. The largest absolute Gasteiger partial charge is 0.100 e. The molecule has 0 aliphatic carbocycles. The van der Waals surface area contributed by atoms with Gasteiger partial charge in [0.25, 0.3) is 0 Å². The summed E-state index contributed by atoms with van der Waals surface area (Å²) in [5.41, 5.74) is 1.70. The number of alkyl halides is 1. The molecule has 0 aliphatic heterocycles. The molecule has 0 spiro atoms. The van der Waals surface area contributed by atoms with Gasteiger partial charge in [-0.3, -0.25) is 0 Å². The van der Waals surface area contributed by atoms with Crippen molar-refractivity contribution in [2.75, 3.05) is 0 Å². The van der Waals surface area contributed by atoms with Crippen molar-refractivity contribution in [3.63, 3.8) is 0 Å². The standard InChI is InChI=1S/C12H23Br/c1-10(2)8-6-7-9-11(13)12(3,4)5/h11H,1,6-9H2,2-5H3. The highest BCUT2D eigenvalue weighted by atomic mass is 79.9. The zero-order chi connectivity index (χ0) is 10.5. The summed E-state index contributed by atoms with van der Waals surface area (Å²) in [6.45, 7) is 12.9. The number of allylic oxidation sites excluding steroid dienone is 1. The topological polar surface area (TPSA) is 0 Å². The second kappa shape index (κ2) is 5.85. The van der Waals surface area contributed by atoms with Gasteiger partial charge in [-0.15, -0.1) is 6.58 Å². The molecule has 0 bridgehead atoms. The van der Waals surface area contributed by atoms with E-state index in [0.717, 1.165) is 0 Å². The minimum Gasteiger partial charge on any atom is -0.100 e. The molecule has 0 saturated carbocycles. The molecule has 13 heavy (non-hydrogen) atoms. The molecule has 1 heteroatoms. The Morgan fingerprint density at radius 2 is 1.85 bits per heavy atom.